The standard InChI is InChI=1S/C21H19N5OS/c27-20(14-28-21-22-13-17-8-4-5-11-25(17)21)23-19-12-18(15-9-10-15)24-26(19)16-6-2-1-3-7-16/h1-8,11-13,15H,9-10,14H2,(H,23,27). The molecule has 5 rings (SSSR count). The van der Waals surface area contributed by atoms with E-state index in [1.54, 1.807) is 0 Å². The number of hydrogen-bond donors (Lipinski definition) is 1. The number of thioether (sulfide) groups is 1. The third-order valence-corrected chi connectivity index (χ3v) is 5.70. The molecule has 1 N–H and O–H groups in total. The Morgan fingerprint density at radius 1 is 1.14 bits per heavy atom. The quantitative estimate of drug-likeness (QED) is 0.504. The molecule has 0 aliphatic heterocycles. The number of anilines is 1. The topological polar surface area (TPSA) is 64.2 Å². The van der Waals surface area contributed by atoms with E-state index in [4.69, 9.17) is 5.10 Å². The number of amides is 1. The van der Waals surface area contributed by atoms with Gasteiger partial charge in [-0.05, 0) is 37.1 Å². The van der Waals surface area contributed by atoms with Crippen molar-refractivity contribution in [2.24, 2.45) is 0 Å². The molecule has 0 bridgehead atoms. The van der Waals surface area contributed by atoms with Crippen LogP contribution in [0.2, 0.25) is 0 Å². The van der Waals surface area contributed by atoms with Gasteiger partial charge in [0.05, 0.1) is 28.8 Å². The number of rotatable bonds is 6. The van der Waals surface area contributed by atoms with Crippen molar-refractivity contribution in [3.05, 3.63) is 72.7 Å². The van der Waals surface area contributed by atoms with Crippen molar-refractivity contribution < 1.29 is 4.79 Å². The molecule has 0 unspecified atom stereocenters. The first-order valence-electron chi connectivity index (χ1n) is 9.28. The number of aromatic nitrogens is 4. The third kappa shape index (κ3) is 3.41. The average Bonchev–Trinajstić information content (AvgIpc) is 3.37. The van der Waals surface area contributed by atoms with Gasteiger partial charge in [-0.1, -0.05) is 36.0 Å². The summed E-state index contributed by atoms with van der Waals surface area (Å²) >= 11 is 1.42. The first-order chi connectivity index (χ1) is 13.8. The predicted molar refractivity (Wildman–Crippen MR) is 110 cm³/mol. The number of pyridine rings is 1. The van der Waals surface area contributed by atoms with Gasteiger partial charge in [0.2, 0.25) is 5.91 Å². The van der Waals surface area contributed by atoms with Crippen LogP contribution in [0.4, 0.5) is 5.82 Å². The Balaban J connectivity index is 1.33. The van der Waals surface area contributed by atoms with E-state index in [0.717, 1.165) is 22.1 Å². The number of nitrogens with one attached hydrogen (secondary N) is 1. The highest BCUT2D eigenvalue weighted by atomic mass is 32.2. The number of hydrogen-bond acceptors (Lipinski definition) is 4. The summed E-state index contributed by atoms with van der Waals surface area (Å²) in [5.41, 5.74) is 3.00. The lowest BCUT2D eigenvalue weighted by molar-refractivity contribution is -0.113. The zero-order valence-corrected chi connectivity index (χ0v) is 16.0. The van der Waals surface area contributed by atoms with Gasteiger partial charge in [-0.3, -0.25) is 9.20 Å². The zero-order chi connectivity index (χ0) is 18.9. The molecule has 0 radical (unpaired) electrons. The number of carbonyl (C=O) groups is 1. The van der Waals surface area contributed by atoms with E-state index >= 15 is 0 Å². The van der Waals surface area contributed by atoms with Gasteiger partial charge in [0, 0.05) is 18.2 Å². The summed E-state index contributed by atoms with van der Waals surface area (Å²) in [6.45, 7) is 0. The summed E-state index contributed by atoms with van der Waals surface area (Å²) in [6, 6.07) is 17.8. The van der Waals surface area contributed by atoms with Gasteiger partial charge in [0.25, 0.3) is 0 Å². The molecule has 1 aliphatic carbocycles. The Morgan fingerprint density at radius 2 is 1.96 bits per heavy atom. The number of para-hydroxylation sites is 1. The minimum Gasteiger partial charge on any atom is -0.310 e. The van der Waals surface area contributed by atoms with Crippen molar-refractivity contribution in [1.29, 1.82) is 0 Å². The lowest BCUT2D eigenvalue weighted by atomic mass is 10.3. The second-order valence-corrected chi connectivity index (χ2v) is 7.79. The lowest BCUT2D eigenvalue weighted by Gasteiger charge is -2.08. The Kier molecular flexibility index (Phi) is 4.37. The van der Waals surface area contributed by atoms with Crippen LogP contribution < -0.4 is 5.32 Å². The summed E-state index contributed by atoms with van der Waals surface area (Å²) in [4.78, 5) is 17.0. The van der Waals surface area contributed by atoms with E-state index in [2.05, 4.69) is 10.3 Å². The number of fused-ring (bicyclic) bond motifs is 1. The fraction of sp³-hybridized carbons (Fsp3) is 0.190. The van der Waals surface area contributed by atoms with Crippen LogP contribution in [-0.4, -0.2) is 30.8 Å². The molecule has 0 saturated heterocycles. The van der Waals surface area contributed by atoms with Gasteiger partial charge in [-0.15, -0.1) is 0 Å². The first-order valence-corrected chi connectivity index (χ1v) is 10.3. The van der Waals surface area contributed by atoms with E-state index in [1.807, 2.05) is 76.1 Å². The summed E-state index contributed by atoms with van der Waals surface area (Å²) in [7, 11) is 0. The first kappa shape index (κ1) is 17.1. The fourth-order valence-corrected chi connectivity index (χ4v) is 3.93. The Bertz CT molecular complexity index is 1130. The molecule has 0 atom stereocenters. The van der Waals surface area contributed by atoms with Crippen LogP contribution in [0.25, 0.3) is 11.2 Å². The highest BCUT2D eigenvalue weighted by molar-refractivity contribution is 7.99. The minimum absolute atomic E-state index is 0.0721. The molecule has 1 amide bonds. The van der Waals surface area contributed by atoms with E-state index in [-0.39, 0.29) is 11.7 Å². The van der Waals surface area contributed by atoms with E-state index in [9.17, 15) is 4.79 Å². The van der Waals surface area contributed by atoms with Crippen LogP contribution >= 0.6 is 11.8 Å². The Labute approximate surface area is 166 Å². The average molecular weight is 389 g/mol. The molecule has 28 heavy (non-hydrogen) atoms. The molecule has 4 aromatic rings. The van der Waals surface area contributed by atoms with Gasteiger partial charge in [-0.25, -0.2) is 9.67 Å². The van der Waals surface area contributed by atoms with Gasteiger partial charge < -0.3 is 5.32 Å². The van der Waals surface area contributed by atoms with Crippen molar-refractivity contribution in [2.45, 2.75) is 23.9 Å². The molecular formula is C21H19N5OS. The van der Waals surface area contributed by atoms with E-state index < -0.39 is 0 Å². The maximum absolute atomic E-state index is 12.6. The van der Waals surface area contributed by atoms with Crippen LogP contribution in [0, 0.1) is 0 Å². The smallest absolute Gasteiger partial charge is 0.236 e. The van der Waals surface area contributed by atoms with Crippen LogP contribution in [0.15, 0.2) is 72.1 Å². The number of imidazole rings is 1. The molecule has 3 aromatic heterocycles. The Hall–Kier alpha value is -3.06. The van der Waals surface area contributed by atoms with Gasteiger partial charge in [0.1, 0.15) is 5.82 Å². The predicted octanol–water partition coefficient (Wildman–Crippen LogP) is 4.13. The van der Waals surface area contributed by atoms with E-state index in [1.165, 1.54) is 24.6 Å². The van der Waals surface area contributed by atoms with Crippen molar-refractivity contribution in [1.82, 2.24) is 19.2 Å². The summed E-state index contributed by atoms with van der Waals surface area (Å²) < 4.78 is 3.80. The van der Waals surface area contributed by atoms with Gasteiger partial charge in [0.15, 0.2) is 5.16 Å². The van der Waals surface area contributed by atoms with Crippen LogP contribution in [0.3, 0.4) is 0 Å². The largest absolute Gasteiger partial charge is 0.310 e. The molecule has 7 heteroatoms. The summed E-state index contributed by atoms with van der Waals surface area (Å²) in [6.07, 6.45) is 6.10. The van der Waals surface area contributed by atoms with Crippen LogP contribution in [0.1, 0.15) is 24.5 Å². The molecular weight excluding hydrogens is 370 g/mol. The highest BCUT2D eigenvalue weighted by Crippen LogP contribution is 2.40. The number of nitrogens with zero attached hydrogens (tertiary/aromatic N) is 4. The second-order valence-electron chi connectivity index (χ2n) is 6.85. The van der Waals surface area contributed by atoms with Gasteiger partial charge >= 0.3 is 0 Å². The maximum atomic E-state index is 12.6. The van der Waals surface area contributed by atoms with Crippen molar-refractivity contribution in [3.63, 3.8) is 0 Å². The van der Waals surface area contributed by atoms with Gasteiger partial charge in [-0.2, -0.15) is 5.10 Å². The maximum Gasteiger partial charge on any atom is 0.236 e. The highest BCUT2D eigenvalue weighted by Gasteiger charge is 2.28. The van der Waals surface area contributed by atoms with Crippen LogP contribution in [0.5, 0.6) is 0 Å². The summed E-state index contributed by atoms with van der Waals surface area (Å²) in [5, 5.41) is 8.56. The molecule has 1 saturated carbocycles. The lowest BCUT2D eigenvalue weighted by Crippen LogP contribution is -2.17. The molecule has 1 aromatic carbocycles. The molecule has 140 valence electrons. The molecule has 1 fully saturated rings. The second kappa shape index (κ2) is 7.16. The van der Waals surface area contributed by atoms with E-state index in [0.29, 0.717) is 11.7 Å². The van der Waals surface area contributed by atoms with Crippen molar-refractivity contribution in [2.75, 3.05) is 11.1 Å². The summed E-state index contributed by atoms with van der Waals surface area (Å²) in [5.74, 6) is 1.45. The van der Waals surface area contributed by atoms with Crippen LogP contribution in [-0.2, 0) is 4.79 Å². The van der Waals surface area contributed by atoms with Crippen molar-refractivity contribution in [3.8, 4) is 5.69 Å². The van der Waals surface area contributed by atoms with Crippen molar-refractivity contribution >= 4 is 29.0 Å². The third-order valence-electron chi connectivity index (χ3n) is 4.73. The molecule has 0 spiro atoms. The Morgan fingerprint density at radius 3 is 2.79 bits per heavy atom. The zero-order valence-electron chi connectivity index (χ0n) is 15.2. The molecule has 1 aliphatic rings. The number of carbonyl (C=O) groups excluding carboxylic acids is 1. The normalized spacial score (nSPS) is 13.7. The monoisotopic (exact) mass is 389 g/mol. The molecule has 3 heterocycles. The number of benzene rings is 1. The minimum atomic E-state index is -0.0721. The SMILES string of the molecule is O=C(CSc1ncc2ccccn12)Nc1cc(C2CC2)nn1-c1ccccc1. The fourth-order valence-electron chi connectivity index (χ4n) is 3.17. The molecule has 6 nitrogen and oxygen atoms in total.